The van der Waals surface area contributed by atoms with Crippen molar-refractivity contribution in [3.05, 3.63) is 0 Å². The van der Waals surface area contributed by atoms with Crippen molar-refractivity contribution in [1.82, 2.24) is 4.90 Å². The molecule has 0 radical (unpaired) electrons. The van der Waals surface area contributed by atoms with Gasteiger partial charge in [0, 0.05) is 0 Å². The summed E-state index contributed by atoms with van der Waals surface area (Å²) in [5.74, 6) is 0.171. The van der Waals surface area contributed by atoms with E-state index >= 15 is 0 Å². The Labute approximate surface area is 155 Å². The van der Waals surface area contributed by atoms with Crippen molar-refractivity contribution in [3.63, 3.8) is 0 Å². The predicted molar refractivity (Wildman–Crippen MR) is 86.3 cm³/mol. The number of carbonyl (C=O) groups excluding carboxylic acids is 2. The monoisotopic (exact) mass is 519 g/mol. The van der Waals surface area contributed by atoms with E-state index in [9.17, 15) is 9.59 Å². The van der Waals surface area contributed by atoms with Crippen LogP contribution in [0.4, 0.5) is 0 Å². The van der Waals surface area contributed by atoms with Crippen molar-refractivity contribution in [2.24, 2.45) is 11.3 Å². The molecular formula is C16H28NO5Tl. The third-order valence-electron chi connectivity index (χ3n) is 4.30. The molecular weight excluding hydrogens is 491 g/mol. The van der Waals surface area contributed by atoms with Crippen LogP contribution in [0.15, 0.2) is 0 Å². The number of nitrogens with zero attached hydrogens (tertiary/aromatic N) is 1. The number of amides is 1. The number of ether oxygens (including phenoxy) is 1. The van der Waals surface area contributed by atoms with Gasteiger partial charge in [-0.05, 0) is 0 Å². The van der Waals surface area contributed by atoms with E-state index in [1.54, 1.807) is 0 Å². The van der Waals surface area contributed by atoms with Crippen LogP contribution < -0.4 is 0 Å². The maximum absolute atomic E-state index is 12.6. The average Bonchev–Trinajstić information content (AvgIpc) is 2.91. The second-order valence-electron chi connectivity index (χ2n) is 7.19. The minimum absolute atomic E-state index is 0.129. The number of methoxy groups -OCH3 is 1. The van der Waals surface area contributed by atoms with E-state index in [0.29, 0.717) is 45.7 Å². The number of hydrogen-bond donors (Lipinski definition) is 0. The Bertz CT molecular complexity index is 402. The van der Waals surface area contributed by atoms with Crippen molar-refractivity contribution >= 4 is 38.1 Å². The molecule has 1 amide bonds. The van der Waals surface area contributed by atoms with Gasteiger partial charge in [-0.15, -0.1) is 0 Å². The number of hydrogen-bond acceptors (Lipinski definition) is 5. The molecule has 7 heteroatoms. The molecule has 1 saturated heterocycles. The van der Waals surface area contributed by atoms with Gasteiger partial charge < -0.3 is 4.74 Å². The van der Waals surface area contributed by atoms with Gasteiger partial charge >= 0.3 is 139 Å². The van der Waals surface area contributed by atoms with E-state index in [1.165, 1.54) is 7.11 Å². The molecule has 23 heavy (non-hydrogen) atoms. The fourth-order valence-electron chi connectivity index (χ4n) is 3.42. The molecule has 6 nitrogen and oxygen atoms in total. The Hall–Kier alpha value is -0.218. The Kier molecular flexibility index (Phi) is 8.99. The zero-order chi connectivity index (χ0) is 17.5. The van der Waals surface area contributed by atoms with E-state index in [2.05, 4.69) is 13.8 Å². The molecule has 0 bridgehead atoms. The van der Waals surface area contributed by atoms with Crippen LogP contribution in [0.1, 0.15) is 52.9 Å². The first-order valence-electron chi connectivity index (χ1n) is 8.13. The second kappa shape index (κ2) is 9.93. The topological polar surface area (TPSA) is 65.1 Å². The summed E-state index contributed by atoms with van der Waals surface area (Å²) in [5, 5.41) is 0. The van der Waals surface area contributed by atoms with Crippen LogP contribution >= 0.6 is 0 Å². The van der Waals surface area contributed by atoms with Crippen molar-refractivity contribution in [2.45, 2.75) is 58.9 Å². The van der Waals surface area contributed by atoms with Crippen molar-refractivity contribution in [1.29, 1.82) is 0 Å². The summed E-state index contributed by atoms with van der Waals surface area (Å²) in [4.78, 5) is 31.0. The molecule has 2 unspecified atom stereocenters. The zero-order valence-corrected chi connectivity index (χ0v) is 19.2. The SMILES string of the molecule is COC(=O)CC(C)CC(C)(C)CC(=O)N1CCCC1CO[O][Tl]. The van der Waals surface area contributed by atoms with Crippen molar-refractivity contribution in [2.75, 3.05) is 20.3 Å². The molecule has 1 heterocycles. The molecule has 0 aromatic heterocycles. The zero-order valence-electron chi connectivity index (χ0n) is 14.7. The number of esters is 1. The Morgan fingerprint density at radius 3 is 2.70 bits per heavy atom. The fraction of sp³-hybridized carbons (Fsp3) is 0.875. The van der Waals surface area contributed by atoms with Crippen LogP contribution in [0, 0.1) is 11.3 Å². The van der Waals surface area contributed by atoms with Gasteiger partial charge in [-0.3, -0.25) is 4.79 Å². The average molecular weight is 519 g/mol. The van der Waals surface area contributed by atoms with Crippen LogP contribution in [-0.2, 0) is 22.1 Å². The molecule has 1 fully saturated rings. The van der Waals surface area contributed by atoms with E-state index in [4.69, 9.17) is 12.5 Å². The Balaban J connectivity index is 2.51. The molecule has 0 N–H and O–H groups in total. The van der Waals surface area contributed by atoms with E-state index in [1.807, 2.05) is 11.8 Å². The van der Waals surface area contributed by atoms with Gasteiger partial charge in [-0.1, -0.05) is 0 Å². The summed E-state index contributed by atoms with van der Waals surface area (Å²) < 4.78 is 9.53. The van der Waals surface area contributed by atoms with Crippen LogP contribution in [0.5, 0.6) is 0 Å². The van der Waals surface area contributed by atoms with Gasteiger partial charge in [0.05, 0.1) is 7.11 Å². The van der Waals surface area contributed by atoms with Crippen LogP contribution in [0.2, 0.25) is 0 Å². The summed E-state index contributed by atoms with van der Waals surface area (Å²) >= 11 is 0.348. The maximum atomic E-state index is 12.6. The molecule has 0 aromatic rings. The van der Waals surface area contributed by atoms with E-state index in [-0.39, 0.29) is 29.3 Å². The third kappa shape index (κ3) is 7.47. The van der Waals surface area contributed by atoms with Gasteiger partial charge in [0.1, 0.15) is 0 Å². The summed E-state index contributed by atoms with van der Waals surface area (Å²) in [6.07, 6.45) is 3.68. The predicted octanol–water partition coefficient (Wildman–Crippen LogP) is 2.01. The number of rotatable bonds is 9. The Morgan fingerprint density at radius 2 is 2.09 bits per heavy atom. The van der Waals surface area contributed by atoms with E-state index in [0.717, 1.165) is 25.8 Å². The molecule has 0 aromatic carbocycles. The minimum atomic E-state index is -0.194. The summed E-state index contributed by atoms with van der Waals surface area (Å²) in [5.41, 5.74) is -0.145. The molecule has 0 aliphatic carbocycles. The van der Waals surface area contributed by atoms with Gasteiger partial charge in [0.15, 0.2) is 0 Å². The van der Waals surface area contributed by atoms with Crippen LogP contribution in [0.25, 0.3) is 0 Å². The molecule has 1 rings (SSSR count). The van der Waals surface area contributed by atoms with Gasteiger partial charge in [0.2, 0.25) is 0 Å². The first kappa shape index (κ1) is 20.8. The standard InChI is InChI=1S/C16H29NO5.Tl/c1-12(8-15(19)21-4)9-16(2,3)10-14(18)17-7-5-6-13(17)11-22-20;/h12-13,20H,5-11H2,1-4H3;/q;+1/p-1. The summed E-state index contributed by atoms with van der Waals surface area (Å²) in [6.45, 7) is 7.45. The number of carbonyl (C=O) groups is 2. The second-order valence-corrected chi connectivity index (χ2v) is 7.94. The Morgan fingerprint density at radius 1 is 1.39 bits per heavy atom. The quantitative estimate of drug-likeness (QED) is 0.202. The number of likely N-dealkylation sites (tertiary alicyclic amines) is 1. The summed E-state index contributed by atoms with van der Waals surface area (Å²) in [6, 6.07) is 0.129. The first-order valence-corrected chi connectivity index (χ1v) is 9.97. The fourth-order valence-corrected chi connectivity index (χ4v) is 3.73. The first-order chi connectivity index (χ1) is 10.8. The molecule has 2 atom stereocenters. The summed E-state index contributed by atoms with van der Waals surface area (Å²) in [7, 11) is 1.41. The molecule has 1 aliphatic heterocycles. The molecule has 130 valence electrons. The molecule has 0 saturated carbocycles. The van der Waals surface area contributed by atoms with Crippen LogP contribution in [0.3, 0.4) is 0 Å². The van der Waals surface area contributed by atoms with Gasteiger partial charge in [0.25, 0.3) is 0 Å². The van der Waals surface area contributed by atoms with Crippen molar-refractivity contribution < 1.29 is 22.1 Å². The molecule has 1 aliphatic rings. The molecule has 0 spiro atoms. The van der Waals surface area contributed by atoms with E-state index < -0.39 is 0 Å². The van der Waals surface area contributed by atoms with Crippen molar-refractivity contribution in [3.8, 4) is 0 Å². The third-order valence-corrected chi connectivity index (χ3v) is 4.83. The van der Waals surface area contributed by atoms with Crippen LogP contribution in [-0.4, -0.2) is 69.3 Å². The van der Waals surface area contributed by atoms with Gasteiger partial charge in [-0.25, -0.2) is 0 Å². The normalized spacial score (nSPS) is 19.6. The van der Waals surface area contributed by atoms with Gasteiger partial charge in [-0.2, -0.15) is 0 Å².